The molecule has 0 aromatic heterocycles. The Morgan fingerprint density at radius 1 is 1.32 bits per heavy atom. The molecule has 178 valence electrons. The Labute approximate surface area is 179 Å². The van der Waals surface area contributed by atoms with Crippen molar-refractivity contribution in [1.29, 1.82) is 0 Å². The van der Waals surface area contributed by atoms with Gasteiger partial charge in [0.1, 0.15) is 11.9 Å². The molecule has 0 aromatic carbocycles. The molecule has 0 bridgehead atoms. The molecular formula is C22H32F4O5. The molecule has 2 aliphatic rings. The van der Waals surface area contributed by atoms with Crippen LogP contribution in [0.2, 0.25) is 0 Å². The molecular weight excluding hydrogens is 420 g/mol. The minimum atomic E-state index is -4.62. The number of hydrogen-bond acceptors (Lipinski definition) is 4. The normalized spacial score (nSPS) is 32.8. The Balaban J connectivity index is 2.11. The van der Waals surface area contributed by atoms with Crippen LogP contribution in [-0.2, 0) is 9.53 Å². The van der Waals surface area contributed by atoms with Gasteiger partial charge in [0.15, 0.2) is 6.17 Å². The average Bonchev–Trinajstić information content (AvgIpc) is 3.14. The van der Waals surface area contributed by atoms with Crippen LogP contribution in [0, 0.1) is 17.3 Å². The molecule has 0 spiro atoms. The first-order valence-electron chi connectivity index (χ1n) is 10.8. The maximum absolute atomic E-state index is 15.0. The van der Waals surface area contributed by atoms with E-state index in [0.29, 0.717) is 25.7 Å². The first kappa shape index (κ1) is 25.6. The number of halogens is 4. The van der Waals surface area contributed by atoms with Crippen molar-refractivity contribution >= 4 is 5.97 Å². The number of aliphatic carboxylic acids is 1. The molecule has 5 nitrogen and oxygen atoms in total. The van der Waals surface area contributed by atoms with Crippen molar-refractivity contribution in [3.05, 3.63) is 24.0 Å². The number of carboxylic acids is 1. The molecule has 0 radical (unpaired) electrons. The summed E-state index contributed by atoms with van der Waals surface area (Å²) in [4.78, 5) is 10.6. The molecule has 0 aromatic rings. The second kappa shape index (κ2) is 10.3. The fourth-order valence-corrected chi connectivity index (χ4v) is 4.36. The van der Waals surface area contributed by atoms with Crippen LogP contribution >= 0.6 is 0 Å². The van der Waals surface area contributed by atoms with E-state index in [1.54, 1.807) is 6.92 Å². The Morgan fingerprint density at radius 2 is 2.00 bits per heavy atom. The molecule has 0 amide bonds. The van der Waals surface area contributed by atoms with Crippen molar-refractivity contribution in [3.63, 3.8) is 0 Å². The summed E-state index contributed by atoms with van der Waals surface area (Å²) in [5, 5.41) is 29.3. The number of aliphatic hydroxyl groups excluding tert-OH is 2. The van der Waals surface area contributed by atoms with Crippen LogP contribution in [0.1, 0.15) is 58.8 Å². The summed E-state index contributed by atoms with van der Waals surface area (Å²) in [6.45, 7) is 2.74. The van der Waals surface area contributed by atoms with Gasteiger partial charge in [0.05, 0.1) is 17.6 Å². The first-order chi connectivity index (χ1) is 14.4. The highest BCUT2D eigenvalue weighted by Gasteiger charge is 2.56. The van der Waals surface area contributed by atoms with Crippen LogP contribution < -0.4 is 0 Å². The molecule has 31 heavy (non-hydrogen) atoms. The van der Waals surface area contributed by atoms with Gasteiger partial charge in [0.2, 0.25) is 0 Å². The van der Waals surface area contributed by atoms with E-state index in [1.807, 2.05) is 0 Å². The average molecular weight is 452 g/mol. The molecule has 1 saturated carbocycles. The smallest absolute Gasteiger partial charge is 0.397 e. The lowest BCUT2D eigenvalue weighted by Crippen LogP contribution is -2.44. The number of alkyl halides is 4. The molecule has 1 unspecified atom stereocenters. The molecule has 1 aliphatic heterocycles. The Kier molecular flexibility index (Phi) is 8.55. The van der Waals surface area contributed by atoms with E-state index < -0.39 is 53.9 Å². The SMILES string of the molecule is CCCCC(C)([C@H](O)C=C[C@@H]1[C@H]2[C@H](F)C(=CCCCC(=O)O)O[C@@H]2C[C@H]1O)C(F)(F)F. The first-order valence-corrected chi connectivity index (χ1v) is 10.8. The fraction of sp³-hybridized carbons (Fsp3) is 0.773. The van der Waals surface area contributed by atoms with Crippen molar-refractivity contribution in [2.24, 2.45) is 17.3 Å². The van der Waals surface area contributed by atoms with Gasteiger partial charge < -0.3 is 20.1 Å². The number of aliphatic hydroxyl groups is 2. The molecule has 3 N–H and O–H groups in total. The van der Waals surface area contributed by atoms with Gasteiger partial charge >= 0.3 is 12.1 Å². The van der Waals surface area contributed by atoms with Crippen LogP contribution in [0.25, 0.3) is 0 Å². The predicted octanol–water partition coefficient (Wildman–Crippen LogP) is 4.54. The van der Waals surface area contributed by atoms with Gasteiger partial charge in [-0.3, -0.25) is 4.79 Å². The van der Waals surface area contributed by atoms with Crippen molar-refractivity contribution in [3.8, 4) is 0 Å². The van der Waals surface area contributed by atoms with Crippen molar-refractivity contribution < 1.29 is 42.4 Å². The lowest BCUT2D eigenvalue weighted by atomic mass is 9.77. The van der Waals surface area contributed by atoms with Crippen LogP contribution in [0.4, 0.5) is 17.6 Å². The number of unbranched alkanes of at least 4 members (excludes halogenated alkanes) is 2. The van der Waals surface area contributed by atoms with Gasteiger partial charge in [-0.15, -0.1) is 0 Å². The highest BCUT2D eigenvalue weighted by atomic mass is 19.4. The quantitative estimate of drug-likeness (QED) is 0.258. The van der Waals surface area contributed by atoms with Crippen LogP contribution in [0.5, 0.6) is 0 Å². The van der Waals surface area contributed by atoms with Gasteiger partial charge in [0.25, 0.3) is 0 Å². The molecule has 1 heterocycles. The van der Waals surface area contributed by atoms with Crippen molar-refractivity contribution in [1.82, 2.24) is 0 Å². The largest absolute Gasteiger partial charge is 0.491 e. The van der Waals surface area contributed by atoms with Crippen LogP contribution in [-0.4, -0.2) is 51.9 Å². The summed E-state index contributed by atoms with van der Waals surface area (Å²) in [5.41, 5.74) is -2.33. The van der Waals surface area contributed by atoms with E-state index in [0.717, 1.165) is 13.0 Å². The second-order valence-electron chi connectivity index (χ2n) is 8.76. The van der Waals surface area contributed by atoms with Crippen LogP contribution in [0.3, 0.4) is 0 Å². The summed E-state index contributed by atoms with van der Waals surface area (Å²) in [5.74, 6) is -2.43. The van der Waals surface area contributed by atoms with Gasteiger partial charge in [-0.25, -0.2) is 4.39 Å². The van der Waals surface area contributed by atoms with Gasteiger partial charge in [0, 0.05) is 24.7 Å². The maximum Gasteiger partial charge on any atom is 0.397 e. The monoisotopic (exact) mass is 452 g/mol. The molecule has 9 heteroatoms. The van der Waals surface area contributed by atoms with Gasteiger partial charge in [-0.05, 0) is 32.3 Å². The predicted molar refractivity (Wildman–Crippen MR) is 106 cm³/mol. The molecule has 1 saturated heterocycles. The topological polar surface area (TPSA) is 87.0 Å². The number of carboxylic acid groups (broad SMARTS) is 1. The maximum atomic E-state index is 15.0. The second-order valence-corrected chi connectivity index (χ2v) is 8.76. The van der Waals surface area contributed by atoms with E-state index in [9.17, 15) is 32.6 Å². The Hall–Kier alpha value is -1.61. The molecule has 1 aliphatic carbocycles. The zero-order valence-corrected chi connectivity index (χ0v) is 17.8. The van der Waals surface area contributed by atoms with E-state index in [1.165, 1.54) is 12.2 Å². The standard InChI is InChI=1S/C22H32F4O5/c1-3-4-11-21(2,22(24,25)26)17(28)10-9-13-14(27)12-16-19(13)20(23)15(31-16)7-5-6-8-18(29)30/h7,9-10,13-14,16-17,19-20,27-28H,3-6,8,11-12H2,1-2H3,(H,29,30)/t13-,14+,16+,17+,19+,20+,21?/m0/s1. The molecule has 7 atom stereocenters. The van der Waals surface area contributed by atoms with Crippen molar-refractivity contribution in [2.75, 3.05) is 0 Å². The zero-order valence-electron chi connectivity index (χ0n) is 17.8. The van der Waals surface area contributed by atoms with E-state index in [2.05, 4.69) is 0 Å². The summed E-state index contributed by atoms with van der Waals surface area (Å²) < 4.78 is 61.4. The molecule has 2 fully saturated rings. The lowest BCUT2D eigenvalue weighted by Gasteiger charge is -2.35. The van der Waals surface area contributed by atoms with E-state index in [-0.39, 0.29) is 25.0 Å². The minimum Gasteiger partial charge on any atom is -0.491 e. The lowest BCUT2D eigenvalue weighted by molar-refractivity contribution is -0.244. The summed E-state index contributed by atoms with van der Waals surface area (Å²) in [7, 11) is 0. The number of ether oxygens (including phenoxy) is 1. The highest BCUT2D eigenvalue weighted by molar-refractivity contribution is 5.66. The number of hydrogen-bond donors (Lipinski definition) is 3. The third kappa shape index (κ3) is 5.80. The number of carbonyl (C=O) groups is 1. The number of fused-ring (bicyclic) bond motifs is 1. The van der Waals surface area contributed by atoms with Crippen LogP contribution in [0.15, 0.2) is 24.0 Å². The minimum absolute atomic E-state index is 0.0500. The highest BCUT2D eigenvalue weighted by Crippen LogP contribution is 2.48. The molecule has 2 rings (SSSR count). The Bertz CT molecular complexity index is 677. The third-order valence-electron chi connectivity index (χ3n) is 6.49. The fourth-order valence-electron chi connectivity index (χ4n) is 4.36. The third-order valence-corrected chi connectivity index (χ3v) is 6.49. The number of allylic oxidation sites excluding steroid dienone is 2. The Morgan fingerprint density at radius 3 is 2.58 bits per heavy atom. The van der Waals surface area contributed by atoms with Gasteiger partial charge in [-0.1, -0.05) is 31.9 Å². The van der Waals surface area contributed by atoms with E-state index >= 15 is 0 Å². The summed E-state index contributed by atoms with van der Waals surface area (Å²) in [6, 6.07) is 0. The summed E-state index contributed by atoms with van der Waals surface area (Å²) >= 11 is 0. The van der Waals surface area contributed by atoms with Gasteiger partial charge in [-0.2, -0.15) is 13.2 Å². The zero-order chi connectivity index (χ0) is 23.4. The number of rotatable bonds is 10. The van der Waals surface area contributed by atoms with E-state index in [4.69, 9.17) is 9.84 Å². The summed E-state index contributed by atoms with van der Waals surface area (Å²) in [6.07, 6.45) is -4.42. The van der Waals surface area contributed by atoms with Crippen molar-refractivity contribution in [2.45, 2.75) is 89.5 Å².